The van der Waals surface area contributed by atoms with Crippen molar-refractivity contribution in [3.63, 3.8) is 0 Å². The van der Waals surface area contributed by atoms with E-state index in [1.807, 2.05) is 0 Å². The van der Waals surface area contributed by atoms with Crippen molar-refractivity contribution in [1.82, 2.24) is 4.98 Å². The topological polar surface area (TPSA) is 38.9 Å². The molecule has 0 aromatic carbocycles. The fraction of sp³-hybridized carbons (Fsp3) is 0.500. The third-order valence-electron chi connectivity index (χ3n) is 2.43. The average Bonchev–Trinajstić information content (AvgIpc) is 2.43. The third kappa shape index (κ3) is 1.23. The van der Waals surface area contributed by atoms with Gasteiger partial charge in [-0.2, -0.15) is 0 Å². The fourth-order valence-electron chi connectivity index (χ4n) is 1.74. The molecule has 12 heavy (non-hydrogen) atoms. The number of aromatic nitrogens is 1. The molecule has 2 rings (SSSR count). The number of hydrogen-bond acceptors (Lipinski definition) is 2. The minimum Gasteiger partial charge on any atom is -0.327 e. The summed E-state index contributed by atoms with van der Waals surface area (Å²) in [7, 11) is 0. The van der Waals surface area contributed by atoms with Gasteiger partial charge in [0.25, 0.3) is 0 Å². The van der Waals surface area contributed by atoms with E-state index in [-0.39, 0.29) is 0 Å². The van der Waals surface area contributed by atoms with E-state index in [1.54, 1.807) is 0 Å². The summed E-state index contributed by atoms with van der Waals surface area (Å²) in [5.74, 6) is 0. The van der Waals surface area contributed by atoms with Crippen LogP contribution in [0.15, 0.2) is 12.1 Å². The maximum atomic E-state index is 5.84. The molecular formula is C10H14N2. The summed E-state index contributed by atoms with van der Waals surface area (Å²) in [4.78, 5) is 4.54. The summed E-state index contributed by atoms with van der Waals surface area (Å²) in [6.07, 6.45) is 2.98. The molecule has 0 fully saturated rings. The summed E-state index contributed by atoms with van der Waals surface area (Å²) < 4.78 is 0. The number of aryl methyl sites for hydroxylation is 1. The Morgan fingerprint density at radius 3 is 3.08 bits per heavy atom. The lowest BCUT2D eigenvalue weighted by Crippen LogP contribution is -2.19. The fourth-order valence-corrected chi connectivity index (χ4v) is 1.74. The maximum absolute atomic E-state index is 5.84. The number of nitrogens with zero attached hydrogens (tertiary/aromatic N) is 1. The van der Waals surface area contributed by atoms with Crippen LogP contribution in [0.2, 0.25) is 0 Å². The van der Waals surface area contributed by atoms with Crippen LogP contribution in [0.25, 0.3) is 0 Å². The molecule has 0 bridgehead atoms. The molecule has 0 saturated heterocycles. The van der Waals surface area contributed by atoms with Crippen LogP contribution in [0.4, 0.5) is 0 Å². The predicted octanol–water partition coefficient (Wildman–Crippen LogP) is 1.07. The second-order valence-corrected chi connectivity index (χ2v) is 3.43. The first-order valence-electron chi connectivity index (χ1n) is 4.53. The molecular weight excluding hydrogens is 148 g/mol. The molecule has 2 N–H and O–H groups in total. The Bertz CT molecular complexity index is 294. The van der Waals surface area contributed by atoms with E-state index >= 15 is 0 Å². The van der Waals surface area contributed by atoms with E-state index in [9.17, 15) is 0 Å². The van der Waals surface area contributed by atoms with Crippen molar-refractivity contribution in [2.45, 2.75) is 32.2 Å². The number of pyridine rings is 1. The monoisotopic (exact) mass is 162 g/mol. The molecule has 1 aliphatic carbocycles. The molecule has 1 aromatic heterocycles. The summed E-state index contributed by atoms with van der Waals surface area (Å²) in [5.41, 5.74) is 9.59. The minimum atomic E-state index is 0.305. The van der Waals surface area contributed by atoms with Crippen molar-refractivity contribution in [1.29, 1.82) is 0 Å². The van der Waals surface area contributed by atoms with Gasteiger partial charge in [0.05, 0.1) is 0 Å². The van der Waals surface area contributed by atoms with Crippen molar-refractivity contribution in [3.8, 4) is 0 Å². The first-order valence-corrected chi connectivity index (χ1v) is 4.53. The first-order chi connectivity index (χ1) is 5.79. The van der Waals surface area contributed by atoms with Gasteiger partial charge in [-0.25, -0.2) is 0 Å². The Morgan fingerprint density at radius 2 is 2.33 bits per heavy atom. The summed E-state index contributed by atoms with van der Waals surface area (Å²) in [6, 6.07) is 4.59. The first kappa shape index (κ1) is 7.74. The molecule has 64 valence electrons. The minimum absolute atomic E-state index is 0.305. The average molecular weight is 162 g/mol. The number of hydrogen-bond donors (Lipinski definition) is 1. The maximum Gasteiger partial charge on any atom is 0.0455 e. The zero-order chi connectivity index (χ0) is 8.55. The lowest BCUT2D eigenvalue weighted by molar-refractivity contribution is 0.715. The molecule has 1 aromatic rings. The van der Waals surface area contributed by atoms with Crippen LogP contribution in [0.3, 0.4) is 0 Å². The molecule has 2 heteroatoms. The van der Waals surface area contributed by atoms with Crippen LogP contribution in [-0.2, 0) is 19.3 Å². The van der Waals surface area contributed by atoms with Gasteiger partial charge in [0.2, 0.25) is 0 Å². The van der Waals surface area contributed by atoms with Crippen molar-refractivity contribution in [2.75, 3.05) is 0 Å². The molecule has 0 saturated carbocycles. The van der Waals surface area contributed by atoms with Gasteiger partial charge in [-0.05, 0) is 24.5 Å². The van der Waals surface area contributed by atoms with E-state index < -0.39 is 0 Å². The van der Waals surface area contributed by atoms with Gasteiger partial charge in [-0.15, -0.1) is 0 Å². The molecule has 1 unspecified atom stereocenters. The van der Waals surface area contributed by atoms with E-state index in [0.717, 1.165) is 19.3 Å². The molecule has 0 spiro atoms. The molecule has 1 heterocycles. The number of fused-ring (bicyclic) bond motifs is 1. The molecule has 2 nitrogen and oxygen atoms in total. The third-order valence-corrected chi connectivity index (χ3v) is 2.43. The van der Waals surface area contributed by atoms with Crippen molar-refractivity contribution in [3.05, 3.63) is 29.1 Å². The highest BCUT2D eigenvalue weighted by atomic mass is 14.8. The Balaban J connectivity index is 2.35. The van der Waals surface area contributed by atoms with Crippen LogP contribution < -0.4 is 5.73 Å². The quantitative estimate of drug-likeness (QED) is 0.671. The van der Waals surface area contributed by atoms with Crippen molar-refractivity contribution in [2.24, 2.45) is 5.73 Å². The summed E-state index contributed by atoms with van der Waals surface area (Å²) >= 11 is 0. The Morgan fingerprint density at radius 1 is 1.50 bits per heavy atom. The van der Waals surface area contributed by atoms with Crippen LogP contribution in [0, 0.1) is 0 Å². The highest BCUT2D eigenvalue weighted by Gasteiger charge is 2.18. The lowest BCUT2D eigenvalue weighted by atomic mass is 10.2. The smallest absolute Gasteiger partial charge is 0.0455 e. The molecule has 0 radical (unpaired) electrons. The number of rotatable bonds is 1. The van der Waals surface area contributed by atoms with E-state index in [1.165, 1.54) is 17.0 Å². The van der Waals surface area contributed by atoms with Crippen LogP contribution in [-0.4, -0.2) is 11.0 Å². The van der Waals surface area contributed by atoms with E-state index in [0.29, 0.717) is 6.04 Å². The Hall–Kier alpha value is -0.890. The predicted molar refractivity (Wildman–Crippen MR) is 49.0 cm³/mol. The SMILES string of the molecule is CCc1ccc2c(n1)CC(N)C2. The Labute approximate surface area is 72.8 Å². The highest BCUT2D eigenvalue weighted by molar-refractivity contribution is 5.29. The van der Waals surface area contributed by atoms with Crippen LogP contribution >= 0.6 is 0 Å². The Kier molecular flexibility index (Phi) is 1.85. The second-order valence-electron chi connectivity index (χ2n) is 3.43. The van der Waals surface area contributed by atoms with Crippen LogP contribution in [0.1, 0.15) is 23.9 Å². The zero-order valence-corrected chi connectivity index (χ0v) is 7.38. The van der Waals surface area contributed by atoms with E-state index in [4.69, 9.17) is 5.73 Å². The molecule has 1 atom stereocenters. The van der Waals surface area contributed by atoms with Crippen molar-refractivity contribution >= 4 is 0 Å². The lowest BCUT2D eigenvalue weighted by Gasteiger charge is -1.99. The summed E-state index contributed by atoms with van der Waals surface area (Å²) in [6.45, 7) is 2.13. The normalized spacial score (nSPS) is 21.0. The van der Waals surface area contributed by atoms with Crippen LogP contribution in [0.5, 0.6) is 0 Å². The van der Waals surface area contributed by atoms with Gasteiger partial charge >= 0.3 is 0 Å². The molecule has 1 aliphatic rings. The zero-order valence-electron chi connectivity index (χ0n) is 7.38. The van der Waals surface area contributed by atoms with Gasteiger partial charge in [-0.3, -0.25) is 4.98 Å². The second kappa shape index (κ2) is 2.87. The highest BCUT2D eigenvalue weighted by Crippen LogP contribution is 2.19. The van der Waals surface area contributed by atoms with Gasteiger partial charge in [0.1, 0.15) is 0 Å². The van der Waals surface area contributed by atoms with Gasteiger partial charge < -0.3 is 5.73 Å². The van der Waals surface area contributed by atoms with E-state index in [2.05, 4.69) is 24.0 Å². The molecule has 0 aliphatic heterocycles. The van der Waals surface area contributed by atoms with Gasteiger partial charge in [0.15, 0.2) is 0 Å². The summed E-state index contributed by atoms with van der Waals surface area (Å²) in [5, 5.41) is 0. The van der Waals surface area contributed by atoms with Crippen molar-refractivity contribution < 1.29 is 0 Å². The van der Waals surface area contributed by atoms with Gasteiger partial charge in [-0.1, -0.05) is 13.0 Å². The largest absolute Gasteiger partial charge is 0.327 e. The number of nitrogens with two attached hydrogens (primary N) is 1. The standard InChI is InChI=1S/C10H14N2/c1-2-9-4-3-7-5-8(11)6-10(7)12-9/h3-4,8H,2,5-6,11H2,1H3. The molecule has 0 amide bonds. The van der Waals surface area contributed by atoms with Gasteiger partial charge in [0, 0.05) is 23.9 Å².